The van der Waals surface area contributed by atoms with Crippen LogP contribution in [0.1, 0.15) is 26.0 Å². The summed E-state index contributed by atoms with van der Waals surface area (Å²) >= 11 is 0. The molecule has 2 amide bonds. The van der Waals surface area contributed by atoms with Crippen LogP contribution in [-0.2, 0) is 16.1 Å². The van der Waals surface area contributed by atoms with Gasteiger partial charge >= 0.3 is 11.8 Å². The van der Waals surface area contributed by atoms with Crippen LogP contribution in [0.25, 0.3) is 0 Å². The van der Waals surface area contributed by atoms with Gasteiger partial charge < -0.3 is 10.6 Å². The highest BCUT2D eigenvalue weighted by Gasteiger charge is 2.13. The Morgan fingerprint density at radius 3 is 2.61 bits per heavy atom. The van der Waals surface area contributed by atoms with E-state index in [4.69, 9.17) is 0 Å². The second-order valence-corrected chi connectivity index (χ2v) is 4.23. The van der Waals surface area contributed by atoms with Gasteiger partial charge in [-0.2, -0.15) is 0 Å². The molecule has 0 aliphatic carbocycles. The first-order valence-electron chi connectivity index (χ1n) is 6.09. The van der Waals surface area contributed by atoms with E-state index >= 15 is 0 Å². The number of hydrogen-bond acceptors (Lipinski definition) is 3. The summed E-state index contributed by atoms with van der Waals surface area (Å²) in [6, 6.07) is 5.42. The van der Waals surface area contributed by atoms with E-state index in [1.165, 1.54) is 0 Å². The Bertz CT molecular complexity index is 392. The topological polar surface area (TPSA) is 71.1 Å². The predicted octanol–water partition coefficient (Wildman–Crippen LogP) is 0.860. The molecule has 1 heterocycles. The van der Waals surface area contributed by atoms with Gasteiger partial charge in [-0.15, -0.1) is 0 Å². The highest BCUT2D eigenvalue weighted by molar-refractivity contribution is 6.35. The molecule has 0 aliphatic heterocycles. The lowest BCUT2D eigenvalue weighted by molar-refractivity contribution is -0.139. The summed E-state index contributed by atoms with van der Waals surface area (Å²) in [7, 11) is 0. The zero-order chi connectivity index (χ0) is 13.4. The zero-order valence-electron chi connectivity index (χ0n) is 10.8. The van der Waals surface area contributed by atoms with Crippen molar-refractivity contribution in [2.45, 2.75) is 26.8 Å². The molecule has 0 bridgehead atoms. The van der Waals surface area contributed by atoms with Crippen molar-refractivity contribution in [3.8, 4) is 0 Å². The molecule has 2 N–H and O–H groups in total. The number of amides is 2. The van der Waals surface area contributed by atoms with Crippen molar-refractivity contribution in [1.29, 1.82) is 0 Å². The summed E-state index contributed by atoms with van der Waals surface area (Å²) < 4.78 is 0. The molecule has 5 heteroatoms. The van der Waals surface area contributed by atoms with E-state index in [2.05, 4.69) is 15.6 Å². The molecule has 1 aromatic heterocycles. The summed E-state index contributed by atoms with van der Waals surface area (Å²) in [5.41, 5.74) is 0.723. The average molecular weight is 249 g/mol. The lowest BCUT2D eigenvalue weighted by atomic mass is 10.1. The van der Waals surface area contributed by atoms with Gasteiger partial charge in [0.05, 0.1) is 12.2 Å². The monoisotopic (exact) mass is 249 g/mol. The van der Waals surface area contributed by atoms with Gasteiger partial charge in [0.25, 0.3) is 0 Å². The molecule has 0 radical (unpaired) electrons. The van der Waals surface area contributed by atoms with Gasteiger partial charge in [0, 0.05) is 12.7 Å². The molecule has 0 saturated heterocycles. The number of carbonyl (C=O) groups is 2. The van der Waals surface area contributed by atoms with Crippen molar-refractivity contribution < 1.29 is 9.59 Å². The van der Waals surface area contributed by atoms with Gasteiger partial charge in [0.2, 0.25) is 0 Å². The summed E-state index contributed by atoms with van der Waals surface area (Å²) in [6.07, 6.45) is 2.61. The molecule has 0 fully saturated rings. The van der Waals surface area contributed by atoms with Crippen LogP contribution in [0.15, 0.2) is 24.4 Å². The Morgan fingerprint density at radius 2 is 2.00 bits per heavy atom. The van der Waals surface area contributed by atoms with Gasteiger partial charge in [0.1, 0.15) is 0 Å². The molecule has 0 aliphatic rings. The van der Waals surface area contributed by atoms with Crippen LogP contribution in [0.3, 0.4) is 0 Å². The maximum Gasteiger partial charge on any atom is 0.309 e. The minimum atomic E-state index is -0.621. The fourth-order valence-corrected chi connectivity index (χ4v) is 1.25. The van der Waals surface area contributed by atoms with Crippen molar-refractivity contribution in [2.24, 2.45) is 5.92 Å². The van der Waals surface area contributed by atoms with Crippen LogP contribution in [0.4, 0.5) is 0 Å². The van der Waals surface area contributed by atoms with Gasteiger partial charge in [0.15, 0.2) is 0 Å². The highest BCUT2D eigenvalue weighted by atomic mass is 16.2. The molecule has 18 heavy (non-hydrogen) atoms. The van der Waals surface area contributed by atoms with Gasteiger partial charge in [-0.1, -0.05) is 26.3 Å². The van der Waals surface area contributed by atoms with E-state index in [-0.39, 0.29) is 6.54 Å². The van der Waals surface area contributed by atoms with E-state index in [9.17, 15) is 9.59 Å². The Hall–Kier alpha value is -1.91. The second kappa shape index (κ2) is 7.42. The van der Waals surface area contributed by atoms with Gasteiger partial charge in [-0.3, -0.25) is 14.6 Å². The third kappa shape index (κ3) is 4.95. The largest absolute Gasteiger partial charge is 0.348 e. The molecule has 98 valence electrons. The van der Waals surface area contributed by atoms with E-state index in [0.717, 1.165) is 12.1 Å². The third-order valence-corrected chi connectivity index (χ3v) is 2.67. The molecular formula is C13H19N3O2. The standard InChI is InChI=1S/C13H19N3O2/c1-3-10(2)8-15-12(17)13(18)16-9-11-6-4-5-7-14-11/h4-7,10H,3,8-9H2,1-2H3,(H,15,17)(H,16,18)/t10-/m0/s1. The normalized spacial score (nSPS) is 11.7. The SMILES string of the molecule is CC[C@H](C)CNC(=O)C(=O)NCc1ccccn1. The summed E-state index contributed by atoms with van der Waals surface area (Å²) in [6.45, 7) is 4.84. The van der Waals surface area contributed by atoms with E-state index in [0.29, 0.717) is 12.5 Å². The fraction of sp³-hybridized carbons (Fsp3) is 0.462. The molecule has 5 nitrogen and oxygen atoms in total. The lowest BCUT2D eigenvalue weighted by Crippen LogP contribution is -2.41. The molecule has 0 unspecified atom stereocenters. The first-order chi connectivity index (χ1) is 8.63. The minimum absolute atomic E-state index is 0.260. The average Bonchev–Trinajstić information content (AvgIpc) is 2.42. The second-order valence-electron chi connectivity index (χ2n) is 4.23. The number of aromatic nitrogens is 1. The number of nitrogens with one attached hydrogen (secondary N) is 2. The van der Waals surface area contributed by atoms with Crippen LogP contribution < -0.4 is 10.6 Å². The van der Waals surface area contributed by atoms with Crippen LogP contribution in [-0.4, -0.2) is 23.3 Å². The summed E-state index contributed by atoms with van der Waals surface area (Å²) in [5, 5.41) is 5.12. The highest BCUT2D eigenvalue weighted by Crippen LogP contribution is 1.97. The first-order valence-corrected chi connectivity index (χ1v) is 6.09. The van der Waals surface area contributed by atoms with Crippen LogP contribution in [0.5, 0.6) is 0 Å². The maximum absolute atomic E-state index is 11.5. The molecule has 1 aromatic rings. The van der Waals surface area contributed by atoms with Crippen LogP contribution in [0, 0.1) is 5.92 Å². The smallest absolute Gasteiger partial charge is 0.309 e. The first kappa shape index (κ1) is 14.2. The Balaban J connectivity index is 2.30. The van der Waals surface area contributed by atoms with Crippen molar-refractivity contribution >= 4 is 11.8 Å². The lowest BCUT2D eigenvalue weighted by Gasteiger charge is -2.10. The number of hydrogen-bond donors (Lipinski definition) is 2. The van der Waals surface area contributed by atoms with Gasteiger partial charge in [-0.05, 0) is 18.1 Å². The Labute approximate surface area is 107 Å². The van der Waals surface area contributed by atoms with E-state index in [1.54, 1.807) is 18.3 Å². The maximum atomic E-state index is 11.5. The quantitative estimate of drug-likeness (QED) is 0.760. The fourth-order valence-electron chi connectivity index (χ4n) is 1.25. The van der Waals surface area contributed by atoms with E-state index < -0.39 is 11.8 Å². The molecule has 0 spiro atoms. The van der Waals surface area contributed by atoms with Crippen molar-refractivity contribution in [3.05, 3.63) is 30.1 Å². The summed E-state index contributed by atoms with van der Waals surface area (Å²) in [5.74, 6) is -0.840. The number of carbonyl (C=O) groups excluding carboxylic acids is 2. The third-order valence-electron chi connectivity index (χ3n) is 2.67. The van der Waals surface area contributed by atoms with Crippen molar-refractivity contribution in [3.63, 3.8) is 0 Å². The predicted molar refractivity (Wildman–Crippen MR) is 68.5 cm³/mol. The minimum Gasteiger partial charge on any atom is -0.348 e. The molecular weight excluding hydrogens is 230 g/mol. The van der Waals surface area contributed by atoms with Crippen molar-refractivity contribution in [1.82, 2.24) is 15.6 Å². The zero-order valence-corrected chi connectivity index (χ0v) is 10.8. The summed E-state index contributed by atoms with van der Waals surface area (Å²) in [4.78, 5) is 27.0. The van der Waals surface area contributed by atoms with Crippen molar-refractivity contribution in [2.75, 3.05) is 6.54 Å². The molecule has 0 saturated carbocycles. The van der Waals surface area contributed by atoms with E-state index in [1.807, 2.05) is 19.9 Å². The van der Waals surface area contributed by atoms with Crippen LogP contribution >= 0.6 is 0 Å². The molecule has 1 rings (SSSR count). The Morgan fingerprint density at radius 1 is 1.28 bits per heavy atom. The number of rotatable bonds is 5. The Kier molecular flexibility index (Phi) is 5.84. The molecule has 0 aromatic carbocycles. The van der Waals surface area contributed by atoms with Gasteiger partial charge in [-0.25, -0.2) is 0 Å². The van der Waals surface area contributed by atoms with Crippen LogP contribution in [0.2, 0.25) is 0 Å². The molecule has 1 atom stereocenters. The number of nitrogens with zero attached hydrogens (tertiary/aromatic N) is 1. The number of pyridine rings is 1.